The molecular formula is C32H36N2O3S2. The van der Waals surface area contributed by atoms with Gasteiger partial charge in [0.25, 0.3) is 5.91 Å². The number of amides is 1. The Bertz CT molecular complexity index is 1280. The smallest absolute Gasteiger partial charge is 0.258 e. The van der Waals surface area contributed by atoms with E-state index < -0.39 is 0 Å². The van der Waals surface area contributed by atoms with Crippen LogP contribution in [0.25, 0.3) is 0 Å². The molecule has 0 radical (unpaired) electrons. The van der Waals surface area contributed by atoms with Gasteiger partial charge in [-0.25, -0.2) is 0 Å². The van der Waals surface area contributed by atoms with Crippen molar-refractivity contribution in [2.75, 3.05) is 19.1 Å². The zero-order valence-corrected chi connectivity index (χ0v) is 24.3. The van der Waals surface area contributed by atoms with E-state index in [4.69, 9.17) is 4.74 Å². The van der Waals surface area contributed by atoms with Crippen molar-refractivity contribution in [2.24, 2.45) is 11.1 Å². The second-order valence-electron chi connectivity index (χ2n) is 9.69. The molecule has 0 aliphatic heterocycles. The van der Waals surface area contributed by atoms with Gasteiger partial charge in [-0.2, -0.15) is 11.8 Å². The van der Waals surface area contributed by atoms with E-state index in [0.717, 1.165) is 46.1 Å². The predicted molar refractivity (Wildman–Crippen MR) is 164 cm³/mol. The van der Waals surface area contributed by atoms with Gasteiger partial charge in [-0.15, -0.1) is 11.8 Å². The highest BCUT2D eigenvalue weighted by molar-refractivity contribution is 8.03. The lowest BCUT2D eigenvalue weighted by atomic mass is 9.74. The third kappa shape index (κ3) is 7.49. The van der Waals surface area contributed by atoms with Crippen LogP contribution < -0.4 is 10.1 Å². The third-order valence-electron chi connectivity index (χ3n) is 7.21. The lowest BCUT2D eigenvalue weighted by Gasteiger charge is -2.34. The highest BCUT2D eigenvalue weighted by Crippen LogP contribution is 2.43. The molecule has 2 unspecified atom stereocenters. The Hall–Kier alpha value is -3.16. The molecule has 5 nitrogen and oxygen atoms in total. The van der Waals surface area contributed by atoms with Gasteiger partial charge < -0.3 is 15.3 Å². The van der Waals surface area contributed by atoms with Crippen molar-refractivity contribution >= 4 is 35.1 Å². The third-order valence-corrected chi connectivity index (χ3v) is 9.17. The van der Waals surface area contributed by atoms with E-state index in [0.29, 0.717) is 11.3 Å². The average molecular weight is 561 g/mol. The standard InChI is InChI=1S/C32H36N2O3S2/c1-22(24-12-8-5-9-13-24)33-32(35)31(38-3)28-18-26(25-14-16-27(37-2)17-15-25)19-30(34-36)29(28)21-39-20-23-10-6-4-7-11-23/h4-17,22,26,29,36H,18-21H2,1-3H3,(H,33,35)/b31-28-,34-30+/t22-,26?,29?/m1/s1. The maximum atomic E-state index is 13.7. The fourth-order valence-electron chi connectivity index (χ4n) is 5.07. The van der Waals surface area contributed by atoms with E-state index >= 15 is 0 Å². The first-order valence-electron chi connectivity index (χ1n) is 13.1. The molecule has 204 valence electrons. The Morgan fingerprint density at radius 1 is 1.03 bits per heavy atom. The van der Waals surface area contributed by atoms with Gasteiger partial charge in [-0.3, -0.25) is 4.79 Å². The summed E-state index contributed by atoms with van der Waals surface area (Å²) in [6.45, 7) is 2.00. The van der Waals surface area contributed by atoms with Crippen molar-refractivity contribution in [3.8, 4) is 5.75 Å². The number of oxime groups is 1. The topological polar surface area (TPSA) is 70.9 Å². The maximum absolute atomic E-state index is 13.7. The maximum Gasteiger partial charge on any atom is 0.258 e. The van der Waals surface area contributed by atoms with Gasteiger partial charge in [0.15, 0.2) is 0 Å². The monoisotopic (exact) mass is 560 g/mol. The number of benzene rings is 3. The Labute approximate surface area is 240 Å². The fraction of sp³-hybridized carbons (Fsp3) is 0.312. The van der Waals surface area contributed by atoms with Crippen LogP contribution >= 0.6 is 23.5 Å². The summed E-state index contributed by atoms with van der Waals surface area (Å²) in [4.78, 5) is 14.4. The highest BCUT2D eigenvalue weighted by atomic mass is 32.2. The first-order chi connectivity index (χ1) is 19.0. The quantitative estimate of drug-likeness (QED) is 0.153. The summed E-state index contributed by atoms with van der Waals surface area (Å²) < 4.78 is 5.35. The van der Waals surface area contributed by atoms with Gasteiger partial charge in [-0.1, -0.05) is 78.0 Å². The van der Waals surface area contributed by atoms with E-state index in [9.17, 15) is 10.0 Å². The van der Waals surface area contributed by atoms with Gasteiger partial charge in [-0.05, 0) is 66.3 Å². The zero-order valence-electron chi connectivity index (χ0n) is 22.7. The van der Waals surface area contributed by atoms with E-state index in [-0.39, 0.29) is 23.8 Å². The van der Waals surface area contributed by atoms with Crippen LogP contribution in [0.4, 0.5) is 0 Å². The molecule has 3 aromatic rings. The van der Waals surface area contributed by atoms with Crippen LogP contribution in [0.1, 0.15) is 48.4 Å². The number of carbonyl (C=O) groups excluding carboxylic acids is 1. The van der Waals surface area contributed by atoms with Crippen molar-refractivity contribution in [3.05, 3.63) is 112 Å². The fourth-order valence-corrected chi connectivity index (χ4v) is 6.98. The molecule has 0 heterocycles. The molecule has 1 amide bonds. The van der Waals surface area contributed by atoms with Crippen molar-refractivity contribution < 1.29 is 14.7 Å². The van der Waals surface area contributed by atoms with E-state index in [1.54, 1.807) is 18.9 Å². The van der Waals surface area contributed by atoms with E-state index in [1.807, 2.05) is 73.8 Å². The number of hydrogen-bond donors (Lipinski definition) is 2. The molecule has 0 saturated heterocycles. The normalized spacial score (nSPS) is 20.3. The summed E-state index contributed by atoms with van der Waals surface area (Å²) in [6, 6.07) is 28.3. The second kappa shape index (κ2) is 14.3. The molecule has 2 N–H and O–H groups in total. The summed E-state index contributed by atoms with van der Waals surface area (Å²) in [5, 5.41) is 17.2. The van der Waals surface area contributed by atoms with Crippen molar-refractivity contribution in [1.82, 2.24) is 5.32 Å². The zero-order chi connectivity index (χ0) is 27.6. The van der Waals surface area contributed by atoms with Gasteiger partial charge >= 0.3 is 0 Å². The molecule has 1 aliphatic carbocycles. The number of ether oxygens (including phenoxy) is 1. The molecule has 0 bridgehead atoms. The van der Waals surface area contributed by atoms with Crippen molar-refractivity contribution in [3.63, 3.8) is 0 Å². The molecule has 1 saturated carbocycles. The van der Waals surface area contributed by atoms with Crippen LogP contribution in [0.3, 0.4) is 0 Å². The molecule has 7 heteroatoms. The van der Waals surface area contributed by atoms with Crippen molar-refractivity contribution in [2.45, 2.75) is 37.5 Å². The van der Waals surface area contributed by atoms with Crippen LogP contribution in [-0.4, -0.2) is 35.9 Å². The number of nitrogens with zero attached hydrogens (tertiary/aromatic N) is 1. The summed E-state index contributed by atoms with van der Waals surface area (Å²) >= 11 is 3.28. The Morgan fingerprint density at radius 3 is 2.31 bits per heavy atom. The van der Waals surface area contributed by atoms with Crippen LogP contribution in [0, 0.1) is 5.92 Å². The van der Waals surface area contributed by atoms with Gasteiger partial charge in [0.1, 0.15) is 5.75 Å². The number of rotatable bonds is 10. The minimum absolute atomic E-state index is 0.0837. The summed E-state index contributed by atoms with van der Waals surface area (Å²) in [5.74, 6) is 2.31. The molecule has 39 heavy (non-hydrogen) atoms. The number of thioether (sulfide) groups is 2. The van der Waals surface area contributed by atoms with E-state index in [2.05, 4.69) is 34.7 Å². The van der Waals surface area contributed by atoms with Gasteiger partial charge in [0.2, 0.25) is 0 Å². The molecule has 3 atom stereocenters. The predicted octanol–water partition coefficient (Wildman–Crippen LogP) is 7.45. The van der Waals surface area contributed by atoms with E-state index in [1.165, 1.54) is 17.3 Å². The minimum Gasteiger partial charge on any atom is -0.497 e. The number of nitrogens with one attached hydrogen (secondary N) is 1. The Morgan fingerprint density at radius 2 is 1.69 bits per heavy atom. The van der Waals surface area contributed by atoms with Crippen LogP contribution in [0.2, 0.25) is 0 Å². The molecule has 0 aromatic heterocycles. The second-order valence-corrected chi connectivity index (χ2v) is 11.5. The van der Waals surface area contributed by atoms with Crippen LogP contribution in [0.5, 0.6) is 5.75 Å². The molecular weight excluding hydrogens is 524 g/mol. The average Bonchev–Trinajstić information content (AvgIpc) is 2.99. The Kier molecular flexibility index (Phi) is 10.6. The van der Waals surface area contributed by atoms with Crippen molar-refractivity contribution in [1.29, 1.82) is 0 Å². The van der Waals surface area contributed by atoms with Crippen LogP contribution in [-0.2, 0) is 10.5 Å². The van der Waals surface area contributed by atoms with Gasteiger partial charge in [0, 0.05) is 17.4 Å². The number of hydrogen-bond acceptors (Lipinski definition) is 6. The molecule has 4 rings (SSSR count). The number of methoxy groups -OCH3 is 1. The SMILES string of the molecule is COc1ccc(C2C/C(=C(/SC)C(=O)N[C@H](C)c3ccccc3)C(CSCc3ccccc3)/C(=N/O)C2)cc1. The minimum atomic E-state index is -0.126. The van der Waals surface area contributed by atoms with Gasteiger partial charge in [0.05, 0.1) is 23.8 Å². The molecule has 0 spiro atoms. The molecule has 1 fully saturated rings. The molecule has 1 aliphatic rings. The summed E-state index contributed by atoms with van der Waals surface area (Å²) in [7, 11) is 1.66. The summed E-state index contributed by atoms with van der Waals surface area (Å²) in [5.41, 5.74) is 5.22. The molecule has 3 aromatic carbocycles. The lowest BCUT2D eigenvalue weighted by Crippen LogP contribution is -2.33. The Balaban J connectivity index is 1.64. The first-order valence-corrected chi connectivity index (χ1v) is 15.5. The lowest BCUT2D eigenvalue weighted by molar-refractivity contribution is -0.117. The number of carbonyl (C=O) groups is 1. The van der Waals surface area contributed by atoms with Crippen LogP contribution in [0.15, 0.2) is 101 Å². The highest BCUT2D eigenvalue weighted by Gasteiger charge is 2.35. The summed E-state index contributed by atoms with van der Waals surface area (Å²) in [6.07, 6.45) is 3.33. The first kappa shape index (κ1) is 28.8. The number of allylic oxidation sites excluding steroid dienone is 1. The largest absolute Gasteiger partial charge is 0.497 e.